The van der Waals surface area contributed by atoms with Gasteiger partial charge in [-0.15, -0.1) is 11.3 Å². The number of nitrogens with one attached hydrogen (secondary N) is 2. The number of ether oxygens (including phenoxy) is 1. The molecule has 0 aromatic carbocycles. The maximum absolute atomic E-state index is 11.5. The van der Waals surface area contributed by atoms with E-state index in [-0.39, 0.29) is 0 Å². The highest BCUT2D eigenvalue weighted by atomic mass is 32.1. The van der Waals surface area contributed by atoms with Crippen molar-refractivity contribution in [1.82, 2.24) is 10.3 Å². The number of carbonyl (C=O) groups is 1. The number of hydrogen-bond acceptors (Lipinski definition) is 5. The molecule has 94 valence electrons. The molecule has 1 amide bonds. The van der Waals surface area contributed by atoms with Crippen LogP contribution in [0.15, 0.2) is 6.20 Å². The Kier molecular flexibility index (Phi) is 4.33. The molecule has 5 nitrogen and oxygen atoms in total. The summed E-state index contributed by atoms with van der Waals surface area (Å²) in [5.74, 6) is 0.486. The maximum Gasteiger partial charge on any atom is 0.413 e. The molecule has 1 saturated heterocycles. The second kappa shape index (κ2) is 5.97. The molecule has 2 rings (SSSR count). The van der Waals surface area contributed by atoms with E-state index in [2.05, 4.69) is 15.6 Å². The minimum atomic E-state index is -0.405. The number of carbonyl (C=O) groups excluding carboxylic acids is 1. The van der Waals surface area contributed by atoms with Crippen LogP contribution in [0.1, 0.15) is 17.7 Å². The zero-order valence-corrected chi connectivity index (χ0v) is 10.7. The Morgan fingerprint density at radius 1 is 1.65 bits per heavy atom. The number of piperidine rings is 1. The third kappa shape index (κ3) is 3.98. The molecule has 0 saturated carbocycles. The van der Waals surface area contributed by atoms with Gasteiger partial charge in [-0.25, -0.2) is 9.78 Å². The number of amides is 1. The van der Waals surface area contributed by atoms with Gasteiger partial charge < -0.3 is 10.1 Å². The average molecular weight is 255 g/mol. The van der Waals surface area contributed by atoms with Crippen molar-refractivity contribution in [2.45, 2.75) is 19.8 Å². The number of thiazole rings is 1. The fourth-order valence-corrected chi connectivity index (χ4v) is 2.43. The summed E-state index contributed by atoms with van der Waals surface area (Å²) in [6.07, 6.45) is 3.47. The molecule has 0 atom stereocenters. The second-order valence-corrected chi connectivity index (χ2v) is 5.43. The van der Waals surface area contributed by atoms with Crippen LogP contribution in [0.5, 0.6) is 0 Å². The van der Waals surface area contributed by atoms with Crippen molar-refractivity contribution in [3.05, 3.63) is 11.1 Å². The second-order valence-electron chi connectivity index (χ2n) is 4.19. The highest BCUT2D eigenvalue weighted by Crippen LogP contribution is 2.17. The number of aromatic nitrogens is 1. The van der Waals surface area contributed by atoms with E-state index < -0.39 is 6.09 Å². The summed E-state index contributed by atoms with van der Waals surface area (Å²) in [5.41, 5.74) is 0. The molecule has 17 heavy (non-hydrogen) atoms. The van der Waals surface area contributed by atoms with Crippen LogP contribution in [0.3, 0.4) is 0 Å². The lowest BCUT2D eigenvalue weighted by molar-refractivity contribution is 0.131. The molecule has 0 radical (unpaired) electrons. The molecule has 1 aromatic rings. The van der Waals surface area contributed by atoms with Gasteiger partial charge in [0, 0.05) is 11.1 Å². The monoisotopic (exact) mass is 255 g/mol. The van der Waals surface area contributed by atoms with E-state index in [4.69, 9.17) is 4.74 Å². The normalized spacial score (nSPS) is 16.8. The first kappa shape index (κ1) is 12.3. The lowest BCUT2D eigenvalue weighted by atomic mass is 9.99. The Morgan fingerprint density at radius 2 is 2.41 bits per heavy atom. The molecule has 1 aromatic heterocycles. The van der Waals surface area contributed by atoms with Crippen molar-refractivity contribution in [1.29, 1.82) is 0 Å². The summed E-state index contributed by atoms with van der Waals surface area (Å²) in [6, 6.07) is 0. The van der Waals surface area contributed by atoms with Crippen molar-refractivity contribution >= 4 is 22.6 Å². The van der Waals surface area contributed by atoms with Gasteiger partial charge in [0.25, 0.3) is 0 Å². The van der Waals surface area contributed by atoms with E-state index in [9.17, 15) is 4.79 Å². The van der Waals surface area contributed by atoms with Gasteiger partial charge in [-0.05, 0) is 38.8 Å². The number of anilines is 1. The van der Waals surface area contributed by atoms with Gasteiger partial charge in [-0.1, -0.05) is 0 Å². The fourth-order valence-electron chi connectivity index (χ4n) is 1.78. The van der Waals surface area contributed by atoms with Gasteiger partial charge in [-0.2, -0.15) is 0 Å². The molecule has 1 fully saturated rings. The van der Waals surface area contributed by atoms with E-state index in [1.165, 1.54) is 11.3 Å². The van der Waals surface area contributed by atoms with Crippen molar-refractivity contribution < 1.29 is 9.53 Å². The molecule has 2 N–H and O–H groups in total. The number of rotatable bonds is 3. The Balaban J connectivity index is 1.70. The van der Waals surface area contributed by atoms with Crippen molar-refractivity contribution in [3.63, 3.8) is 0 Å². The van der Waals surface area contributed by atoms with E-state index in [0.29, 0.717) is 17.7 Å². The highest BCUT2D eigenvalue weighted by molar-refractivity contribution is 7.15. The van der Waals surface area contributed by atoms with Gasteiger partial charge in [0.2, 0.25) is 0 Å². The maximum atomic E-state index is 11.5. The van der Waals surface area contributed by atoms with Gasteiger partial charge >= 0.3 is 6.09 Å². The fraction of sp³-hybridized carbons (Fsp3) is 0.636. The smallest absolute Gasteiger partial charge is 0.413 e. The predicted octanol–water partition coefficient (Wildman–Crippen LogP) is 2.00. The first-order valence-electron chi connectivity index (χ1n) is 5.81. The number of aryl methyl sites for hydroxylation is 1. The van der Waals surface area contributed by atoms with Crippen molar-refractivity contribution in [3.8, 4) is 0 Å². The van der Waals surface area contributed by atoms with Crippen molar-refractivity contribution in [2.24, 2.45) is 5.92 Å². The standard InChI is InChI=1S/C11H17N3O2S/c1-8-6-13-10(17-8)14-11(15)16-7-9-2-4-12-5-3-9/h6,9,12H,2-5,7H2,1H3,(H,13,14,15). The minimum Gasteiger partial charge on any atom is -0.449 e. The van der Waals surface area contributed by atoms with E-state index in [0.717, 1.165) is 30.8 Å². The lowest BCUT2D eigenvalue weighted by Crippen LogP contribution is -2.31. The topological polar surface area (TPSA) is 63.2 Å². The summed E-state index contributed by atoms with van der Waals surface area (Å²) < 4.78 is 5.18. The molecule has 6 heteroatoms. The Morgan fingerprint density at radius 3 is 3.06 bits per heavy atom. The summed E-state index contributed by atoms with van der Waals surface area (Å²) in [5, 5.41) is 6.51. The van der Waals surface area contributed by atoms with Crippen LogP contribution in [-0.2, 0) is 4.74 Å². The molecule has 2 heterocycles. The average Bonchev–Trinajstić information content (AvgIpc) is 2.73. The van der Waals surface area contributed by atoms with Crippen LogP contribution in [0.4, 0.5) is 9.93 Å². The van der Waals surface area contributed by atoms with E-state index >= 15 is 0 Å². The van der Waals surface area contributed by atoms with Crippen LogP contribution < -0.4 is 10.6 Å². The first-order chi connectivity index (χ1) is 8.24. The van der Waals surface area contributed by atoms with Gasteiger partial charge in [-0.3, -0.25) is 5.32 Å². The Bertz CT molecular complexity index is 375. The lowest BCUT2D eigenvalue weighted by Gasteiger charge is -2.21. The van der Waals surface area contributed by atoms with E-state index in [1.54, 1.807) is 6.20 Å². The quantitative estimate of drug-likeness (QED) is 0.867. The van der Waals surface area contributed by atoms with Crippen molar-refractivity contribution in [2.75, 3.05) is 25.0 Å². The Labute approximate surface area is 105 Å². The van der Waals surface area contributed by atoms with Crippen LogP contribution in [0.2, 0.25) is 0 Å². The Hall–Kier alpha value is -1.14. The molecular weight excluding hydrogens is 238 g/mol. The molecule has 1 aliphatic rings. The predicted molar refractivity (Wildman–Crippen MR) is 67.4 cm³/mol. The SMILES string of the molecule is Cc1cnc(NC(=O)OCC2CCNCC2)s1. The molecule has 1 aliphatic heterocycles. The van der Waals surface area contributed by atoms with Crippen LogP contribution >= 0.6 is 11.3 Å². The van der Waals surface area contributed by atoms with Crippen LogP contribution in [0, 0.1) is 12.8 Å². The third-order valence-electron chi connectivity index (χ3n) is 2.74. The largest absolute Gasteiger partial charge is 0.449 e. The molecule has 0 aliphatic carbocycles. The molecular formula is C11H17N3O2S. The summed E-state index contributed by atoms with van der Waals surface area (Å²) in [4.78, 5) is 16.6. The highest BCUT2D eigenvalue weighted by Gasteiger charge is 2.15. The molecule has 0 bridgehead atoms. The third-order valence-corrected chi connectivity index (χ3v) is 3.57. The first-order valence-corrected chi connectivity index (χ1v) is 6.62. The number of nitrogens with zero attached hydrogens (tertiary/aromatic N) is 1. The summed E-state index contributed by atoms with van der Waals surface area (Å²) >= 11 is 1.44. The summed E-state index contributed by atoms with van der Waals surface area (Å²) in [6.45, 7) is 4.48. The zero-order valence-electron chi connectivity index (χ0n) is 9.86. The minimum absolute atomic E-state index is 0.405. The molecule has 0 unspecified atom stereocenters. The van der Waals surface area contributed by atoms with Crippen LogP contribution in [-0.4, -0.2) is 30.8 Å². The van der Waals surface area contributed by atoms with Crippen LogP contribution in [0.25, 0.3) is 0 Å². The summed E-state index contributed by atoms with van der Waals surface area (Å²) in [7, 11) is 0. The molecule has 0 spiro atoms. The van der Waals surface area contributed by atoms with E-state index in [1.807, 2.05) is 6.92 Å². The van der Waals surface area contributed by atoms with Gasteiger partial charge in [0.1, 0.15) is 0 Å². The zero-order chi connectivity index (χ0) is 12.1. The van der Waals surface area contributed by atoms with Gasteiger partial charge in [0.05, 0.1) is 6.61 Å². The number of hydrogen-bond donors (Lipinski definition) is 2. The van der Waals surface area contributed by atoms with Gasteiger partial charge in [0.15, 0.2) is 5.13 Å².